The SMILES string of the molecule is OCC1O[C@H](O[C@@H]2C(O)[C@@H](O[C@@H]3C(O)[C@H](O[C@@H]4C(O)[C@H](O)OC(CO)[C@H]4O)OC(CO)[C@H]3O)OC(CO)[C@H]2O)C(O)[C@@H](O)[C@@H]1O. The normalized spacial score (nSPS) is 52.9. The molecule has 0 aliphatic carbocycles. The molecule has 0 bridgehead atoms. The molecule has 0 aromatic carbocycles. The number of hydrogen-bond acceptors (Lipinski definition) is 21. The number of hydrogen-bond donors (Lipinski definition) is 14. The molecule has 4 heterocycles. The summed E-state index contributed by atoms with van der Waals surface area (Å²) >= 11 is 0. The van der Waals surface area contributed by atoms with Crippen LogP contribution in [0.25, 0.3) is 0 Å². The van der Waals surface area contributed by atoms with Crippen molar-refractivity contribution in [1.29, 1.82) is 0 Å². The van der Waals surface area contributed by atoms with E-state index in [0.29, 0.717) is 0 Å². The Hall–Kier alpha value is -0.840. The highest BCUT2D eigenvalue weighted by Gasteiger charge is 2.55. The van der Waals surface area contributed by atoms with Crippen LogP contribution in [0.1, 0.15) is 0 Å². The van der Waals surface area contributed by atoms with E-state index in [-0.39, 0.29) is 0 Å². The quantitative estimate of drug-likeness (QED) is 0.103. The summed E-state index contributed by atoms with van der Waals surface area (Å²) in [7, 11) is 0. The smallest absolute Gasteiger partial charge is 0.187 e. The topological polar surface area (TPSA) is 348 Å². The molecule has 4 rings (SSSR count). The summed E-state index contributed by atoms with van der Waals surface area (Å²) in [6.45, 7) is -3.42. The molecule has 21 nitrogen and oxygen atoms in total. The van der Waals surface area contributed by atoms with Crippen molar-refractivity contribution in [1.82, 2.24) is 0 Å². The van der Waals surface area contributed by atoms with E-state index >= 15 is 0 Å². The predicted octanol–water partition coefficient (Wildman–Crippen LogP) is -9.75. The van der Waals surface area contributed by atoms with Crippen LogP contribution in [0, 0.1) is 0 Å². The molecule has 0 aromatic heterocycles. The average Bonchev–Trinajstić information content (AvgIpc) is 3.02. The number of aliphatic hydroxyl groups excluding tert-OH is 14. The van der Waals surface area contributed by atoms with Crippen molar-refractivity contribution in [3.8, 4) is 0 Å². The lowest BCUT2D eigenvalue weighted by atomic mass is 9.95. The fourth-order valence-electron chi connectivity index (χ4n) is 5.53. The maximum Gasteiger partial charge on any atom is 0.187 e. The fourth-order valence-corrected chi connectivity index (χ4v) is 5.53. The molecule has 0 spiro atoms. The first-order valence-electron chi connectivity index (χ1n) is 14.1. The van der Waals surface area contributed by atoms with Gasteiger partial charge in [0.1, 0.15) is 97.7 Å². The van der Waals surface area contributed by atoms with E-state index in [0.717, 1.165) is 0 Å². The summed E-state index contributed by atoms with van der Waals surface area (Å²) in [5.41, 5.74) is 0. The molecule has 0 radical (unpaired) electrons. The van der Waals surface area contributed by atoms with Crippen LogP contribution in [0.3, 0.4) is 0 Å². The minimum Gasteiger partial charge on any atom is -0.394 e. The summed E-state index contributed by atoms with van der Waals surface area (Å²) < 4.78 is 37.5. The highest BCUT2D eigenvalue weighted by molar-refractivity contribution is 4.97. The van der Waals surface area contributed by atoms with Crippen molar-refractivity contribution >= 4 is 0 Å². The van der Waals surface area contributed by atoms with Gasteiger partial charge in [-0.15, -0.1) is 0 Å². The maximum atomic E-state index is 11.1. The Balaban J connectivity index is 1.53. The molecule has 20 atom stereocenters. The van der Waals surface area contributed by atoms with E-state index in [1.807, 2.05) is 0 Å². The van der Waals surface area contributed by atoms with Gasteiger partial charge in [-0.05, 0) is 0 Å². The first-order chi connectivity index (χ1) is 21.3. The number of aliphatic hydroxyl groups is 14. The van der Waals surface area contributed by atoms with Crippen LogP contribution in [-0.4, -0.2) is 221 Å². The van der Waals surface area contributed by atoms with Crippen LogP contribution in [0.2, 0.25) is 0 Å². The third-order valence-electron chi connectivity index (χ3n) is 8.21. The minimum atomic E-state index is -2.05. The minimum absolute atomic E-state index is 0.802. The largest absolute Gasteiger partial charge is 0.394 e. The number of rotatable bonds is 10. The molecule has 8 unspecified atom stereocenters. The third-order valence-corrected chi connectivity index (χ3v) is 8.21. The van der Waals surface area contributed by atoms with Gasteiger partial charge in [0.25, 0.3) is 0 Å². The molecule has 0 saturated carbocycles. The number of ether oxygens (including phenoxy) is 7. The Bertz CT molecular complexity index is 916. The molecule has 0 aromatic rings. The second kappa shape index (κ2) is 15.6. The zero-order valence-corrected chi connectivity index (χ0v) is 23.5. The van der Waals surface area contributed by atoms with E-state index in [2.05, 4.69) is 0 Å². The van der Waals surface area contributed by atoms with Crippen LogP contribution < -0.4 is 0 Å². The standard InChI is InChI=1S/C24H42O21/c25-1-5-9(29)13(33)14(34)22(40-5)44-19-11(31)7(3-27)42-24(16(19)36)45-20-12(32)8(4-28)41-23(17(20)37)43-18-10(30)6(2-26)39-21(38)15(18)35/h5-38H,1-4H2/t5?,6?,7?,8?,9-,10-,11-,12-,13+,14?,15?,16?,17?,18+,19+,20+,21-,22-,23+,24-/m1/s1. The van der Waals surface area contributed by atoms with Gasteiger partial charge >= 0.3 is 0 Å². The molecule has 0 amide bonds. The monoisotopic (exact) mass is 666 g/mol. The van der Waals surface area contributed by atoms with Gasteiger partial charge in [0.2, 0.25) is 0 Å². The van der Waals surface area contributed by atoms with Crippen molar-refractivity contribution in [3.63, 3.8) is 0 Å². The van der Waals surface area contributed by atoms with Crippen LogP contribution in [0.4, 0.5) is 0 Å². The van der Waals surface area contributed by atoms with E-state index in [1.165, 1.54) is 0 Å². The lowest BCUT2D eigenvalue weighted by Crippen LogP contribution is -2.67. The van der Waals surface area contributed by atoms with E-state index in [9.17, 15) is 71.5 Å². The second-order valence-electron chi connectivity index (χ2n) is 11.1. The molecule has 264 valence electrons. The Morgan fingerprint density at radius 1 is 0.333 bits per heavy atom. The van der Waals surface area contributed by atoms with Crippen LogP contribution in [0.5, 0.6) is 0 Å². The van der Waals surface area contributed by atoms with E-state index in [4.69, 9.17) is 33.2 Å². The van der Waals surface area contributed by atoms with Crippen molar-refractivity contribution in [2.24, 2.45) is 0 Å². The van der Waals surface area contributed by atoms with Crippen molar-refractivity contribution < 1.29 is 105 Å². The van der Waals surface area contributed by atoms with Gasteiger partial charge in [0.05, 0.1) is 26.4 Å². The lowest BCUT2D eigenvalue weighted by Gasteiger charge is -2.49. The average molecular weight is 667 g/mol. The van der Waals surface area contributed by atoms with Gasteiger partial charge in [-0.25, -0.2) is 0 Å². The van der Waals surface area contributed by atoms with Crippen molar-refractivity contribution in [2.75, 3.05) is 26.4 Å². The van der Waals surface area contributed by atoms with Gasteiger partial charge in [0.15, 0.2) is 25.2 Å². The van der Waals surface area contributed by atoms with Crippen molar-refractivity contribution in [3.05, 3.63) is 0 Å². The van der Waals surface area contributed by atoms with Gasteiger partial charge in [-0.1, -0.05) is 0 Å². The molecule has 4 aliphatic rings. The van der Waals surface area contributed by atoms with Crippen molar-refractivity contribution in [2.45, 2.75) is 123 Å². The molecule has 14 N–H and O–H groups in total. The third kappa shape index (κ3) is 7.44. The summed E-state index contributed by atoms with van der Waals surface area (Å²) in [6, 6.07) is 0. The fraction of sp³-hybridized carbons (Fsp3) is 1.00. The van der Waals surface area contributed by atoms with Crippen LogP contribution >= 0.6 is 0 Å². The molecule has 45 heavy (non-hydrogen) atoms. The van der Waals surface area contributed by atoms with Crippen LogP contribution in [0.15, 0.2) is 0 Å². The lowest BCUT2D eigenvalue weighted by molar-refractivity contribution is -0.389. The Kier molecular flexibility index (Phi) is 12.8. The molecule has 4 fully saturated rings. The Morgan fingerprint density at radius 2 is 0.644 bits per heavy atom. The summed E-state index contributed by atoms with van der Waals surface area (Å²) in [5.74, 6) is 0. The van der Waals surface area contributed by atoms with Gasteiger partial charge in [0, 0.05) is 0 Å². The molecule has 4 aliphatic heterocycles. The van der Waals surface area contributed by atoms with Crippen LogP contribution in [-0.2, 0) is 33.2 Å². The van der Waals surface area contributed by atoms with Gasteiger partial charge in [-0.3, -0.25) is 0 Å². The highest BCUT2D eigenvalue weighted by atomic mass is 16.8. The Morgan fingerprint density at radius 3 is 1.02 bits per heavy atom. The first kappa shape index (κ1) is 37.0. The van der Waals surface area contributed by atoms with Gasteiger partial charge < -0.3 is 105 Å². The molecule has 4 saturated heterocycles. The summed E-state index contributed by atoms with van der Waals surface area (Å²) in [5, 5.41) is 143. The van der Waals surface area contributed by atoms with E-state index in [1.54, 1.807) is 0 Å². The molecular formula is C24H42O21. The first-order valence-corrected chi connectivity index (χ1v) is 14.1. The zero-order valence-electron chi connectivity index (χ0n) is 23.5. The second-order valence-corrected chi connectivity index (χ2v) is 11.1. The Labute approximate surface area is 254 Å². The zero-order chi connectivity index (χ0) is 33.3. The van der Waals surface area contributed by atoms with Gasteiger partial charge in [-0.2, -0.15) is 0 Å². The summed E-state index contributed by atoms with van der Waals surface area (Å²) in [4.78, 5) is 0. The maximum absolute atomic E-state index is 11.1. The highest BCUT2D eigenvalue weighted by Crippen LogP contribution is 2.34. The summed E-state index contributed by atoms with van der Waals surface area (Å²) in [6.07, 6.45) is -36.1. The molecular weight excluding hydrogens is 624 g/mol. The van der Waals surface area contributed by atoms with E-state index < -0.39 is 149 Å². The molecule has 21 heteroatoms. The predicted molar refractivity (Wildman–Crippen MR) is 134 cm³/mol.